The van der Waals surface area contributed by atoms with Crippen molar-refractivity contribution in [1.82, 2.24) is 9.78 Å². The Kier molecular flexibility index (Phi) is 4.99. The van der Waals surface area contributed by atoms with E-state index in [9.17, 15) is 8.42 Å². The molecule has 1 heterocycles. The molecule has 3 aromatic rings. The Morgan fingerprint density at radius 1 is 1.12 bits per heavy atom. The number of sulfonamides is 1. The molecule has 0 fully saturated rings. The van der Waals surface area contributed by atoms with Crippen molar-refractivity contribution < 1.29 is 13.2 Å². The first-order valence-electron chi connectivity index (χ1n) is 8.13. The van der Waals surface area contributed by atoms with Gasteiger partial charge in [-0.15, -0.1) is 0 Å². The van der Waals surface area contributed by atoms with Crippen molar-refractivity contribution in [3.63, 3.8) is 0 Å². The van der Waals surface area contributed by atoms with E-state index < -0.39 is 10.0 Å². The van der Waals surface area contributed by atoms with E-state index >= 15 is 0 Å². The van der Waals surface area contributed by atoms with Gasteiger partial charge in [-0.2, -0.15) is 5.10 Å². The van der Waals surface area contributed by atoms with Crippen LogP contribution < -0.4 is 9.46 Å². The number of aryl methyl sites for hydroxylation is 2. The number of hydrogen-bond donors (Lipinski definition) is 1. The van der Waals surface area contributed by atoms with Crippen LogP contribution in [0.2, 0.25) is 0 Å². The Morgan fingerprint density at radius 2 is 1.92 bits per heavy atom. The molecule has 136 valence electrons. The van der Waals surface area contributed by atoms with Crippen molar-refractivity contribution in [2.24, 2.45) is 0 Å². The molecule has 0 spiro atoms. The van der Waals surface area contributed by atoms with Crippen LogP contribution >= 0.6 is 0 Å². The van der Waals surface area contributed by atoms with Gasteiger partial charge in [0, 0.05) is 6.20 Å². The number of anilines is 1. The number of benzene rings is 2. The zero-order valence-electron chi connectivity index (χ0n) is 14.9. The smallest absolute Gasteiger partial charge is 0.262 e. The molecule has 0 bridgehead atoms. The first-order valence-corrected chi connectivity index (χ1v) is 9.61. The molecule has 6 nitrogen and oxygen atoms in total. The van der Waals surface area contributed by atoms with E-state index in [1.54, 1.807) is 36.2 Å². The monoisotopic (exact) mass is 371 g/mol. The van der Waals surface area contributed by atoms with Crippen LogP contribution in [-0.2, 0) is 16.6 Å². The predicted molar refractivity (Wildman–Crippen MR) is 101 cm³/mol. The number of rotatable bonds is 6. The van der Waals surface area contributed by atoms with Crippen LogP contribution in [0.25, 0.3) is 0 Å². The summed E-state index contributed by atoms with van der Waals surface area (Å²) in [6, 6.07) is 12.7. The maximum atomic E-state index is 12.6. The maximum absolute atomic E-state index is 12.6. The third-order valence-electron chi connectivity index (χ3n) is 4.15. The van der Waals surface area contributed by atoms with Crippen molar-refractivity contribution in [1.29, 1.82) is 0 Å². The van der Waals surface area contributed by atoms with Crippen molar-refractivity contribution in [3.8, 4) is 5.75 Å². The second-order valence-corrected chi connectivity index (χ2v) is 7.81. The van der Waals surface area contributed by atoms with E-state index in [0.717, 1.165) is 22.4 Å². The summed E-state index contributed by atoms with van der Waals surface area (Å²) in [5.74, 6) is 0.769. The Balaban J connectivity index is 1.76. The van der Waals surface area contributed by atoms with Gasteiger partial charge in [0.25, 0.3) is 10.0 Å². The van der Waals surface area contributed by atoms with Crippen LogP contribution in [0.5, 0.6) is 5.75 Å². The summed E-state index contributed by atoms with van der Waals surface area (Å²) < 4.78 is 34.6. The highest BCUT2D eigenvalue weighted by Crippen LogP contribution is 2.19. The van der Waals surface area contributed by atoms with Crippen LogP contribution in [0.4, 0.5) is 5.69 Å². The van der Waals surface area contributed by atoms with Crippen LogP contribution in [0.15, 0.2) is 59.8 Å². The third kappa shape index (κ3) is 4.05. The summed E-state index contributed by atoms with van der Waals surface area (Å²) in [7, 11) is -2.03. The van der Waals surface area contributed by atoms with Crippen LogP contribution in [0, 0.1) is 13.8 Å². The van der Waals surface area contributed by atoms with Crippen LogP contribution in [0.3, 0.4) is 0 Å². The molecule has 0 atom stereocenters. The van der Waals surface area contributed by atoms with Gasteiger partial charge in [-0.3, -0.25) is 9.40 Å². The van der Waals surface area contributed by atoms with Crippen molar-refractivity contribution in [2.75, 3.05) is 11.8 Å². The summed E-state index contributed by atoms with van der Waals surface area (Å²) >= 11 is 0. The highest BCUT2D eigenvalue weighted by Gasteiger charge is 2.16. The first kappa shape index (κ1) is 18.0. The summed E-state index contributed by atoms with van der Waals surface area (Å²) in [5.41, 5.74) is 3.42. The second-order valence-electron chi connectivity index (χ2n) is 6.13. The minimum atomic E-state index is -3.65. The second kappa shape index (κ2) is 7.21. The molecule has 3 rings (SSSR count). The zero-order chi connectivity index (χ0) is 18.7. The van der Waals surface area contributed by atoms with E-state index in [-0.39, 0.29) is 4.90 Å². The Morgan fingerprint density at radius 3 is 2.65 bits per heavy atom. The summed E-state index contributed by atoms with van der Waals surface area (Å²) in [5, 5.41) is 4.23. The van der Waals surface area contributed by atoms with E-state index in [2.05, 4.69) is 9.82 Å². The lowest BCUT2D eigenvalue weighted by Crippen LogP contribution is -2.12. The minimum absolute atomic E-state index is 0.237. The molecule has 0 aliphatic rings. The molecule has 1 N–H and O–H groups in total. The molecule has 26 heavy (non-hydrogen) atoms. The highest BCUT2D eigenvalue weighted by atomic mass is 32.2. The number of nitrogens with zero attached hydrogens (tertiary/aromatic N) is 2. The molecular formula is C19H21N3O3S. The van der Waals surface area contributed by atoms with Gasteiger partial charge in [0.1, 0.15) is 5.75 Å². The van der Waals surface area contributed by atoms with Gasteiger partial charge >= 0.3 is 0 Å². The van der Waals surface area contributed by atoms with Crippen molar-refractivity contribution in [3.05, 3.63) is 71.5 Å². The molecule has 0 saturated heterocycles. The molecule has 0 aliphatic carbocycles. The SMILES string of the molecule is COc1cccc(Cn2cc(NS(=O)(=O)c3ccc(C)c(C)c3)cn2)c1. The van der Waals surface area contributed by atoms with Gasteiger partial charge in [0.05, 0.1) is 30.4 Å². The summed E-state index contributed by atoms with van der Waals surface area (Å²) in [4.78, 5) is 0.237. The number of methoxy groups -OCH3 is 1. The first-order chi connectivity index (χ1) is 12.4. The fourth-order valence-electron chi connectivity index (χ4n) is 2.56. The quantitative estimate of drug-likeness (QED) is 0.721. The Bertz CT molecular complexity index is 1030. The summed E-state index contributed by atoms with van der Waals surface area (Å²) in [6.07, 6.45) is 3.16. The number of ether oxygens (including phenoxy) is 1. The minimum Gasteiger partial charge on any atom is -0.497 e. The Labute approximate surface area is 153 Å². The van der Waals surface area contributed by atoms with Gasteiger partial charge in [-0.1, -0.05) is 18.2 Å². The lowest BCUT2D eigenvalue weighted by Gasteiger charge is -2.08. The molecular weight excluding hydrogens is 350 g/mol. The fraction of sp³-hybridized carbons (Fsp3) is 0.211. The standard InChI is InChI=1S/C19H21N3O3S/c1-14-7-8-19(9-15(14)2)26(23,24)21-17-11-20-22(13-17)12-16-5-4-6-18(10-16)25-3/h4-11,13,21H,12H2,1-3H3. The van der Waals surface area contributed by atoms with Gasteiger partial charge in [-0.05, 0) is 54.8 Å². The number of aromatic nitrogens is 2. The van der Waals surface area contributed by atoms with E-state index in [1.165, 1.54) is 6.20 Å². The Hall–Kier alpha value is -2.80. The molecule has 2 aromatic carbocycles. The van der Waals surface area contributed by atoms with Gasteiger partial charge in [-0.25, -0.2) is 8.42 Å². The largest absolute Gasteiger partial charge is 0.497 e. The van der Waals surface area contributed by atoms with Gasteiger partial charge in [0.2, 0.25) is 0 Å². The molecule has 0 radical (unpaired) electrons. The predicted octanol–water partition coefficient (Wildman–Crippen LogP) is 3.36. The lowest BCUT2D eigenvalue weighted by molar-refractivity contribution is 0.414. The zero-order valence-corrected chi connectivity index (χ0v) is 15.7. The van der Waals surface area contributed by atoms with Crippen LogP contribution in [-0.4, -0.2) is 25.3 Å². The molecule has 1 aromatic heterocycles. The van der Waals surface area contributed by atoms with E-state index in [0.29, 0.717) is 12.2 Å². The average molecular weight is 371 g/mol. The van der Waals surface area contributed by atoms with Gasteiger partial charge < -0.3 is 4.74 Å². The summed E-state index contributed by atoms with van der Waals surface area (Å²) in [6.45, 7) is 4.35. The highest BCUT2D eigenvalue weighted by molar-refractivity contribution is 7.92. The topological polar surface area (TPSA) is 73.2 Å². The molecule has 0 saturated carbocycles. The lowest BCUT2D eigenvalue weighted by atomic mass is 10.1. The number of nitrogens with one attached hydrogen (secondary N) is 1. The molecule has 0 aliphatic heterocycles. The average Bonchev–Trinajstić information content (AvgIpc) is 3.03. The van der Waals surface area contributed by atoms with E-state index in [1.807, 2.05) is 38.1 Å². The van der Waals surface area contributed by atoms with Crippen molar-refractivity contribution >= 4 is 15.7 Å². The molecule has 0 amide bonds. The molecule has 0 unspecified atom stereocenters. The fourth-order valence-corrected chi connectivity index (χ4v) is 3.67. The normalized spacial score (nSPS) is 11.3. The third-order valence-corrected chi connectivity index (χ3v) is 5.53. The van der Waals surface area contributed by atoms with Crippen LogP contribution in [0.1, 0.15) is 16.7 Å². The molecule has 7 heteroatoms. The number of hydrogen-bond acceptors (Lipinski definition) is 4. The van der Waals surface area contributed by atoms with E-state index in [4.69, 9.17) is 4.74 Å². The maximum Gasteiger partial charge on any atom is 0.262 e. The van der Waals surface area contributed by atoms with Crippen molar-refractivity contribution in [2.45, 2.75) is 25.3 Å². The van der Waals surface area contributed by atoms with Gasteiger partial charge in [0.15, 0.2) is 0 Å².